The second-order valence-electron chi connectivity index (χ2n) is 2.58. The van der Waals surface area contributed by atoms with Gasteiger partial charge in [0.1, 0.15) is 0 Å². The largest absolute Gasteiger partial charge is 0.301 e. The third kappa shape index (κ3) is 1.44. The molecule has 10 heavy (non-hydrogen) atoms. The Morgan fingerprint density at radius 2 is 1.60 bits per heavy atom. The molecule has 52 valence electrons. The first kappa shape index (κ1) is 7.00. The van der Waals surface area contributed by atoms with Crippen LogP contribution >= 0.6 is 0 Å². The maximum atomic E-state index is 7.22. The third-order valence-electron chi connectivity index (χ3n) is 1.46. The highest BCUT2D eigenvalue weighted by atomic mass is 14.4. The van der Waals surface area contributed by atoms with Gasteiger partial charge in [0.05, 0.1) is 5.71 Å². The van der Waals surface area contributed by atoms with Crippen LogP contribution in [0.3, 0.4) is 0 Å². The predicted molar refractivity (Wildman–Crippen MR) is 44.4 cm³/mol. The Balaban J connectivity index is 2.91. The number of nitrogens with one attached hydrogen (secondary N) is 1. The van der Waals surface area contributed by atoms with E-state index in [2.05, 4.69) is 13.8 Å². The van der Waals surface area contributed by atoms with Crippen molar-refractivity contribution in [3.8, 4) is 0 Å². The molecule has 1 aliphatic carbocycles. The minimum Gasteiger partial charge on any atom is -0.301 e. The molecular formula is C9H11N. The molecule has 0 unspecified atom stereocenters. The molecule has 0 heterocycles. The van der Waals surface area contributed by atoms with E-state index < -0.39 is 0 Å². The molecule has 1 heteroatoms. The lowest BCUT2D eigenvalue weighted by Gasteiger charge is -2.01. The van der Waals surface area contributed by atoms with Gasteiger partial charge in [-0.1, -0.05) is 17.7 Å². The molecule has 0 aromatic heterocycles. The normalized spacial score (nSPS) is 16.2. The first-order chi connectivity index (χ1) is 4.70. The highest BCUT2D eigenvalue weighted by Crippen LogP contribution is 2.10. The van der Waals surface area contributed by atoms with Crippen molar-refractivity contribution in [1.82, 2.24) is 0 Å². The quantitative estimate of drug-likeness (QED) is 0.525. The molecule has 0 aromatic carbocycles. The standard InChI is InChI=1S/C9H11N/c1-7(2)8-3-5-9(10)6-4-8/h3-6,10H,1-2H3. The van der Waals surface area contributed by atoms with Gasteiger partial charge in [0.2, 0.25) is 0 Å². The molecule has 0 radical (unpaired) electrons. The zero-order chi connectivity index (χ0) is 7.56. The monoisotopic (exact) mass is 133 g/mol. The van der Waals surface area contributed by atoms with Crippen LogP contribution in [0.2, 0.25) is 0 Å². The minimum absolute atomic E-state index is 0.574. The second-order valence-corrected chi connectivity index (χ2v) is 2.58. The first-order valence-electron chi connectivity index (χ1n) is 3.32. The smallest absolute Gasteiger partial charge is 0.0540 e. The highest BCUT2D eigenvalue weighted by Gasteiger charge is 1.95. The molecule has 0 atom stereocenters. The molecule has 0 aromatic rings. The maximum Gasteiger partial charge on any atom is 0.0540 e. The molecule has 1 aliphatic rings. The lowest BCUT2D eigenvalue weighted by atomic mass is 10.0. The molecule has 0 fully saturated rings. The SMILES string of the molecule is CC(C)=C1C=CC(=N)C=C1. The van der Waals surface area contributed by atoms with Gasteiger partial charge in [0.15, 0.2) is 0 Å². The van der Waals surface area contributed by atoms with Crippen molar-refractivity contribution in [1.29, 1.82) is 5.41 Å². The van der Waals surface area contributed by atoms with Crippen LogP contribution in [0.5, 0.6) is 0 Å². The average Bonchev–Trinajstić information content (AvgIpc) is 1.88. The Bertz CT molecular complexity index is 219. The van der Waals surface area contributed by atoms with E-state index in [1.165, 1.54) is 11.1 Å². The van der Waals surface area contributed by atoms with Gasteiger partial charge in [-0.2, -0.15) is 0 Å². The van der Waals surface area contributed by atoms with E-state index >= 15 is 0 Å². The average molecular weight is 133 g/mol. The molecule has 0 saturated carbocycles. The van der Waals surface area contributed by atoms with Gasteiger partial charge in [-0.15, -0.1) is 0 Å². The summed E-state index contributed by atoms with van der Waals surface area (Å²) < 4.78 is 0. The maximum absolute atomic E-state index is 7.22. The van der Waals surface area contributed by atoms with Crippen LogP contribution in [0, 0.1) is 5.41 Å². The molecule has 0 bridgehead atoms. The van der Waals surface area contributed by atoms with E-state index in [9.17, 15) is 0 Å². The van der Waals surface area contributed by atoms with Crippen molar-refractivity contribution in [3.63, 3.8) is 0 Å². The number of hydrogen-bond acceptors (Lipinski definition) is 1. The molecule has 1 nitrogen and oxygen atoms in total. The molecule has 0 amide bonds. The summed E-state index contributed by atoms with van der Waals surface area (Å²) in [5, 5.41) is 7.22. The first-order valence-corrected chi connectivity index (χ1v) is 3.32. The van der Waals surface area contributed by atoms with E-state index in [4.69, 9.17) is 5.41 Å². The van der Waals surface area contributed by atoms with Crippen molar-refractivity contribution in [2.45, 2.75) is 13.8 Å². The molecule has 1 rings (SSSR count). The van der Waals surface area contributed by atoms with Gasteiger partial charge in [0.25, 0.3) is 0 Å². The van der Waals surface area contributed by atoms with Gasteiger partial charge in [-0.3, -0.25) is 0 Å². The highest BCUT2D eigenvalue weighted by molar-refractivity contribution is 6.03. The van der Waals surface area contributed by atoms with Gasteiger partial charge in [0, 0.05) is 0 Å². The topological polar surface area (TPSA) is 23.9 Å². The Morgan fingerprint density at radius 1 is 1.10 bits per heavy atom. The summed E-state index contributed by atoms with van der Waals surface area (Å²) in [5.41, 5.74) is 3.08. The summed E-state index contributed by atoms with van der Waals surface area (Å²) in [6.45, 7) is 4.14. The van der Waals surface area contributed by atoms with E-state index in [0.717, 1.165) is 0 Å². The number of rotatable bonds is 0. The van der Waals surface area contributed by atoms with Crippen LogP contribution < -0.4 is 0 Å². The molecule has 0 saturated heterocycles. The van der Waals surface area contributed by atoms with Gasteiger partial charge >= 0.3 is 0 Å². The minimum atomic E-state index is 0.574. The van der Waals surface area contributed by atoms with Gasteiger partial charge in [-0.05, 0) is 31.6 Å². The molecule has 0 aliphatic heterocycles. The second kappa shape index (κ2) is 2.65. The Kier molecular flexibility index (Phi) is 1.86. The molecule has 1 N–H and O–H groups in total. The summed E-state index contributed by atoms with van der Waals surface area (Å²) in [6, 6.07) is 0. The Labute approximate surface area is 61.3 Å². The number of hydrogen-bond donors (Lipinski definition) is 1. The fourth-order valence-corrected chi connectivity index (χ4v) is 0.804. The Morgan fingerprint density at radius 3 is 2.00 bits per heavy atom. The van der Waals surface area contributed by atoms with Crippen molar-refractivity contribution in [2.75, 3.05) is 0 Å². The van der Waals surface area contributed by atoms with E-state index in [-0.39, 0.29) is 0 Å². The van der Waals surface area contributed by atoms with Gasteiger partial charge < -0.3 is 5.41 Å². The zero-order valence-electron chi connectivity index (χ0n) is 6.31. The van der Waals surface area contributed by atoms with Crippen molar-refractivity contribution in [2.24, 2.45) is 0 Å². The predicted octanol–water partition coefficient (Wildman–Crippen LogP) is 2.47. The lowest BCUT2D eigenvalue weighted by molar-refractivity contribution is 1.34. The summed E-state index contributed by atoms with van der Waals surface area (Å²) in [6.07, 6.45) is 7.56. The van der Waals surface area contributed by atoms with E-state index in [1.54, 1.807) is 0 Å². The van der Waals surface area contributed by atoms with Crippen molar-refractivity contribution < 1.29 is 0 Å². The van der Waals surface area contributed by atoms with Crippen LogP contribution in [0.15, 0.2) is 35.5 Å². The van der Waals surface area contributed by atoms with Crippen LogP contribution in [-0.4, -0.2) is 5.71 Å². The fourth-order valence-electron chi connectivity index (χ4n) is 0.804. The van der Waals surface area contributed by atoms with Crippen LogP contribution in [0.25, 0.3) is 0 Å². The van der Waals surface area contributed by atoms with Crippen LogP contribution in [-0.2, 0) is 0 Å². The fraction of sp³-hybridized carbons (Fsp3) is 0.222. The third-order valence-corrected chi connectivity index (χ3v) is 1.46. The van der Waals surface area contributed by atoms with Gasteiger partial charge in [-0.25, -0.2) is 0 Å². The summed E-state index contributed by atoms with van der Waals surface area (Å²) in [5.74, 6) is 0. The summed E-state index contributed by atoms with van der Waals surface area (Å²) in [4.78, 5) is 0. The van der Waals surface area contributed by atoms with Crippen LogP contribution in [0.4, 0.5) is 0 Å². The van der Waals surface area contributed by atoms with Crippen molar-refractivity contribution in [3.05, 3.63) is 35.5 Å². The number of allylic oxidation sites excluding steroid dienone is 6. The molecule has 0 spiro atoms. The van der Waals surface area contributed by atoms with Crippen molar-refractivity contribution >= 4 is 5.71 Å². The van der Waals surface area contributed by atoms with Crippen LogP contribution in [0.1, 0.15) is 13.8 Å². The Hall–Kier alpha value is -1.11. The summed E-state index contributed by atoms with van der Waals surface area (Å²) >= 11 is 0. The summed E-state index contributed by atoms with van der Waals surface area (Å²) in [7, 11) is 0. The molecular weight excluding hydrogens is 122 g/mol. The zero-order valence-corrected chi connectivity index (χ0v) is 6.31. The van der Waals surface area contributed by atoms with E-state index in [0.29, 0.717) is 5.71 Å². The lowest BCUT2D eigenvalue weighted by Crippen LogP contribution is -1.91. The van der Waals surface area contributed by atoms with E-state index in [1.807, 2.05) is 24.3 Å².